The molecule has 0 aliphatic carbocycles. The molecule has 0 aromatic heterocycles. The van der Waals surface area contributed by atoms with Crippen LogP contribution in [0, 0.1) is 0 Å². The van der Waals surface area contributed by atoms with E-state index in [2.05, 4.69) is 5.32 Å². The number of amides is 2. The third-order valence-corrected chi connectivity index (χ3v) is 3.18. The predicted molar refractivity (Wildman–Crippen MR) is 72.2 cm³/mol. The lowest BCUT2D eigenvalue weighted by Crippen LogP contribution is -2.46. The molecule has 1 unspecified atom stereocenters. The van der Waals surface area contributed by atoms with Crippen LogP contribution in [0.4, 0.5) is 23.7 Å². The number of ether oxygens (including phenoxy) is 1. The number of morpholine rings is 1. The SMILES string of the molecule is CC1CN(C(=O)Nc2ccccc2CC(F)(F)F)CCO1. The lowest BCUT2D eigenvalue weighted by molar-refractivity contribution is -0.127. The molecule has 21 heavy (non-hydrogen) atoms. The second-order valence-corrected chi connectivity index (χ2v) is 5.01. The quantitative estimate of drug-likeness (QED) is 0.912. The number of hydrogen-bond acceptors (Lipinski definition) is 2. The van der Waals surface area contributed by atoms with Crippen molar-refractivity contribution in [1.29, 1.82) is 0 Å². The molecule has 1 aromatic rings. The molecule has 7 heteroatoms. The highest BCUT2D eigenvalue weighted by Gasteiger charge is 2.29. The van der Waals surface area contributed by atoms with Crippen LogP contribution in [-0.4, -0.2) is 42.9 Å². The molecule has 0 radical (unpaired) electrons. The van der Waals surface area contributed by atoms with Crippen molar-refractivity contribution in [3.8, 4) is 0 Å². The topological polar surface area (TPSA) is 41.6 Å². The minimum absolute atomic E-state index is 0.0552. The lowest BCUT2D eigenvalue weighted by Gasteiger charge is -2.31. The number of anilines is 1. The Bertz CT molecular complexity index is 505. The highest BCUT2D eigenvalue weighted by atomic mass is 19.4. The van der Waals surface area contributed by atoms with Crippen molar-refractivity contribution in [2.75, 3.05) is 25.0 Å². The zero-order valence-electron chi connectivity index (χ0n) is 11.6. The summed E-state index contributed by atoms with van der Waals surface area (Å²) in [6.45, 7) is 3.13. The Labute approximate surface area is 120 Å². The van der Waals surface area contributed by atoms with Gasteiger partial charge in [0, 0.05) is 18.8 Å². The maximum absolute atomic E-state index is 12.5. The summed E-state index contributed by atoms with van der Waals surface area (Å²) in [5.74, 6) is 0. The average molecular weight is 302 g/mol. The Morgan fingerprint density at radius 3 is 2.81 bits per heavy atom. The third-order valence-electron chi connectivity index (χ3n) is 3.18. The summed E-state index contributed by atoms with van der Waals surface area (Å²) in [6.07, 6.45) is -5.45. The maximum Gasteiger partial charge on any atom is 0.393 e. The Balaban J connectivity index is 2.07. The van der Waals surface area contributed by atoms with Crippen LogP contribution in [0.2, 0.25) is 0 Å². The molecule has 1 aliphatic heterocycles. The van der Waals surface area contributed by atoms with Crippen molar-refractivity contribution in [2.45, 2.75) is 25.6 Å². The lowest BCUT2D eigenvalue weighted by atomic mass is 10.1. The number of halogens is 3. The molecule has 1 fully saturated rings. The average Bonchev–Trinajstić information content (AvgIpc) is 2.39. The zero-order valence-corrected chi connectivity index (χ0v) is 11.6. The highest BCUT2D eigenvalue weighted by molar-refractivity contribution is 5.90. The number of hydrogen-bond donors (Lipinski definition) is 1. The van der Waals surface area contributed by atoms with Gasteiger partial charge in [-0.15, -0.1) is 0 Å². The molecule has 1 atom stereocenters. The molecule has 1 N–H and O–H groups in total. The number of carbonyl (C=O) groups excluding carboxylic acids is 1. The van der Waals surface area contributed by atoms with Crippen LogP contribution < -0.4 is 5.32 Å². The summed E-state index contributed by atoms with van der Waals surface area (Å²) in [5.41, 5.74) is 0.249. The molecular weight excluding hydrogens is 285 g/mol. The minimum Gasteiger partial charge on any atom is -0.375 e. The Hall–Kier alpha value is -1.76. The van der Waals surface area contributed by atoms with Gasteiger partial charge in [0.15, 0.2) is 0 Å². The molecular formula is C14H17F3N2O2. The highest BCUT2D eigenvalue weighted by Crippen LogP contribution is 2.26. The number of nitrogens with one attached hydrogen (secondary N) is 1. The van der Waals surface area contributed by atoms with Crippen LogP contribution in [0.5, 0.6) is 0 Å². The fraction of sp³-hybridized carbons (Fsp3) is 0.500. The van der Waals surface area contributed by atoms with Crippen molar-refractivity contribution >= 4 is 11.7 Å². The molecule has 1 aliphatic rings. The summed E-state index contributed by atoms with van der Waals surface area (Å²) in [6, 6.07) is 5.55. The number of urea groups is 1. The number of rotatable bonds is 2. The van der Waals surface area contributed by atoms with Gasteiger partial charge in [-0.25, -0.2) is 4.79 Å². The second-order valence-electron chi connectivity index (χ2n) is 5.01. The largest absolute Gasteiger partial charge is 0.393 e. The van der Waals surface area contributed by atoms with E-state index < -0.39 is 18.6 Å². The first-order valence-corrected chi connectivity index (χ1v) is 6.67. The van der Waals surface area contributed by atoms with Crippen molar-refractivity contribution < 1.29 is 22.7 Å². The Kier molecular flexibility index (Phi) is 4.72. The van der Waals surface area contributed by atoms with E-state index in [1.807, 2.05) is 6.92 Å². The van der Waals surface area contributed by atoms with Crippen LogP contribution in [0.25, 0.3) is 0 Å². The van der Waals surface area contributed by atoms with E-state index in [9.17, 15) is 18.0 Å². The van der Waals surface area contributed by atoms with Gasteiger partial charge in [-0.3, -0.25) is 0 Å². The van der Waals surface area contributed by atoms with Crippen LogP contribution >= 0.6 is 0 Å². The van der Waals surface area contributed by atoms with Gasteiger partial charge < -0.3 is 15.0 Å². The summed E-state index contributed by atoms with van der Waals surface area (Å²) in [5, 5.41) is 2.55. The van der Waals surface area contributed by atoms with Crippen LogP contribution in [0.15, 0.2) is 24.3 Å². The summed E-state index contributed by atoms with van der Waals surface area (Å²) in [7, 11) is 0. The van der Waals surface area contributed by atoms with E-state index in [0.29, 0.717) is 19.7 Å². The molecule has 0 bridgehead atoms. The van der Waals surface area contributed by atoms with E-state index in [-0.39, 0.29) is 17.4 Å². The van der Waals surface area contributed by atoms with Gasteiger partial charge in [-0.2, -0.15) is 13.2 Å². The smallest absolute Gasteiger partial charge is 0.375 e. The number of alkyl halides is 3. The van der Waals surface area contributed by atoms with E-state index in [4.69, 9.17) is 4.74 Å². The first-order chi connectivity index (χ1) is 9.85. The van der Waals surface area contributed by atoms with Gasteiger partial charge in [0.1, 0.15) is 0 Å². The predicted octanol–water partition coefficient (Wildman–Crippen LogP) is 3.04. The van der Waals surface area contributed by atoms with Crippen molar-refractivity contribution in [3.05, 3.63) is 29.8 Å². The minimum atomic E-state index is -4.31. The molecule has 116 valence electrons. The first-order valence-electron chi connectivity index (χ1n) is 6.67. The third kappa shape index (κ3) is 4.63. The second kappa shape index (κ2) is 6.34. The molecule has 2 amide bonds. The molecule has 2 rings (SSSR count). The number of para-hydroxylation sites is 1. The van der Waals surface area contributed by atoms with Crippen molar-refractivity contribution in [1.82, 2.24) is 4.90 Å². The Morgan fingerprint density at radius 2 is 2.14 bits per heavy atom. The molecule has 1 heterocycles. The summed E-state index contributed by atoms with van der Waals surface area (Å²) in [4.78, 5) is 13.6. The molecule has 4 nitrogen and oxygen atoms in total. The van der Waals surface area contributed by atoms with Gasteiger partial charge in [-0.05, 0) is 18.6 Å². The van der Waals surface area contributed by atoms with Gasteiger partial charge >= 0.3 is 12.2 Å². The number of benzene rings is 1. The van der Waals surface area contributed by atoms with Gasteiger partial charge in [0.05, 0.1) is 19.1 Å². The van der Waals surface area contributed by atoms with Crippen molar-refractivity contribution in [2.24, 2.45) is 0 Å². The number of carbonyl (C=O) groups is 1. The normalized spacial score (nSPS) is 19.4. The molecule has 1 aromatic carbocycles. The summed E-state index contributed by atoms with van der Waals surface area (Å²) < 4.78 is 42.9. The fourth-order valence-corrected chi connectivity index (χ4v) is 2.21. The summed E-state index contributed by atoms with van der Waals surface area (Å²) >= 11 is 0. The zero-order chi connectivity index (χ0) is 15.5. The van der Waals surface area contributed by atoms with Gasteiger partial charge in [-0.1, -0.05) is 18.2 Å². The van der Waals surface area contributed by atoms with Gasteiger partial charge in [0.25, 0.3) is 0 Å². The van der Waals surface area contributed by atoms with E-state index in [1.54, 1.807) is 11.0 Å². The van der Waals surface area contributed by atoms with Crippen molar-refractivity contribution in [3.63, 3.8) is 0 Å². The molecule has 0 saturated carbocycles. The van der Waals surface area contributed by atoms with E-state index >= 15 is 0 Å². The maximum atomic E-state index is 12.5. The first kappa shape index (κ1) is 15.6. The Morgan fingerprint density at radius 1 is 1.43 bits per heavy atom. The van der Waals surface area contributed by atoms with Crippen LogP contribution in [0.3, 0.4) is 0 Å². The fourth-order valence-electron chi connectivity index (χ4n) is 2.21. The monoisotopic (exact) mass is 302 g/mol. The molecule has 1 saturated heterocycles. The van der Waals surface area contributed by atoms with E-state index in [1.165, 1.54) is 18.2 Å². The standard InChI is InChI=1S/C14H17F3N2O2/c1-10-9-19(6-7-21-10)13(20)18-12-5-3-2-4-11(12)8-14(15,16)17/h2-5,10H,6-9H2,1H3,(H,18,20). The van der Waals surface area contributed by atoms with Gasteiger partial charge in [0.2, 0.25) is 0 Å². The van der Waals surface area contributed by atoms with Crippen LogP contribution in [0.1, 0.15) is 12.5 Å². The van der Waals surface area contributed by atoms with E-state index in [0.717, 1.165) is 0 Å². The van der Waals surface area contributed by atoms with Crippen LogP contribution in [-0.2, 0) is 11.2 Å². The molecule has 0 spiro atoms. The number of nitrogens with zero attached hydrogens (tertiary/aromatic N) is 1.